The molecule has 0 unspecified atom stereocenters. The Hall–Kier alpha value is -4.26. The van der Waals surface area contributed by atoms with Gasteiger partial charge in [-0.1, -0.05) is 152 Å². The third-order valence-corrected chi connectivity index (χ3v) is 9.49. The second kappa shape index (κ2) is 19.9. The van der Waals surface area contributed by atoms with Crippen LogP contribution < -0.4 is 0 Å². The van der Waals surface area contributed by atoms with Crippen molar-refractivity contribution in [2.75, 3.05) is 13.2 Å². The van der Waals surface area contributed by atoms with E-state index < -0.39 is 49.2 Å². The zero-order valence-corrected chi connectivity index (χ0v) is 30.2. The summed E-state index contributed by atoms with van der Waals surface area (Å²) in [6.07, 6.45) is -6.29. The van der Waals surface area contributed by atoms with Gasteiger partial charge >= 0.3 is 0 Å². The van der Waals surface area contributed by atoms with Crippen molar-refractivity contribution in [1.82, 2.24) is 0 Å². The van der Waals surface area contributed by atoms with E-state index in [0.29, 0.717) is 26.4 Å². The van der Waals surface area contributed by atoms with Gasteiger partial charge in [-0.2, -0.15) is 0 Å². The molecule has 9 nitrogen and oxygen atoms in total. The largest absolute Gasteiger partial charge is 0.374 e. The quantitative estimate of drug-likeness (QED) is 0.0964. The van der Waals surface area contributed by atoms with Crippen LogP contribution in [0, 0.1) is 0 Å². The second-order valence-electron chi connectivity index (χ2n) is 13.5. The van der Waals surface area contributed by atoms with E-state index in [-0.39, 0.29) is 19.8 Å². The first-order chi connectivity index (χ1) is 26.7. The molecule has 5 aromatic carbocycles. The summed E-state index contributed by atoms with van der Waals surface area (Å²) < 4.78 is 51.5. The number of aliphatic hydroxyl groups excluding tert-OH is 1. The van der Waals surface area contributed by atoms with Crippen LogP contribution in [0.2, 0.25) is 0 Å². The Labute approximate surface area is 317 Å². The number of aliphatic hydroxyl groups is 1. The molecule has 0 amide bonds. The lowest BCUT2D eigenvalue weighted by molar-refractivity contribution is -0.246. The van der Waals surface area contributed by atoms with Gasteiger partial charge in [-0.25, -0.2) is 0 Å². The lowest BCUT2D eigenvalue weighted by Gasteiger charge is -2.29. The minimum Gasteiger partial charge on any atom is -0.374 e. The smallest absolute Gasteiger partial charge is 0.187 e. The Bertz CT molecular complexity index is 1760. The van der Waals surface area contributed by atoms with Gasteiger partial charge < -0.3 is 43.0 Å². The van der Waals surface area contributed by atoms with Crippen LogP contribution in [0.15, 0.2) is 152 Å². The summed E-state index contributed by atoms with van der Waals surface area (Å²) in [7, 11) is 0. The third kappa shape index (κ3) is 10.7. The topological polar surface area (TPSA) is 94.1 Å². The van der Waals surface area contributed by atoms with Crippen molar-refractivity contribution in [2.24, 2.45) is 0 Å². The highest BCUT2D eigenvalue weighted by molar-refractivity contribution is 5.17. The molecule has 0 aliphatic carbocycles. The number of ether oxygens (including phenoxy) is 8. The van der Waals surface area contributed by atoms with Crippen LogP contribution in [-0.2, 0) is 70.9 Å². The minimum absolute atomic E-state index is 0.184. The second-order valence-corrected chi connectivity index (χ2v) is 13.5. The Balaban J connectivity index is 1.11. The first kappa shape index (κ1) is 38.0. The van der Waals surface area contributed by atoms with Crippen molar-refractivity contribution >= 4 is 0 Å². The molecule has 54 heavy (non-hydrogen) atoms. The van der Waals surface area contributed by atoms with Crippen molar-refractivity contribution in [3.05, 3.63) is 179 Å². The molecule has 0 aromatic heterocycles. The molecule has 0 radical (unpaired) electrons. The summed E-state index contributed by atoms with van der Waals surface area (Å²) in [6.45, 7) is 2.12. The molecule has 1 N–H and O–H groups in total. The highest BCUT2D eigenvalue weighted by Crippen LogP contribution is 2.35. The van der Waals surface area contributed by atoms with Crippen LogP contribution in [-0.4, -0.2) is 67.5 Å². The maximum absolute atomic E-state index is 11.4. The van der Waals surface area contributed by atoms with Crippen molar-refractivity contribution in [2.45, 2.75) is 82.2 Å². The van der Waals surface area contributed by atoms with Gasteiger partial charge in [-0.05, 0) is 27.8 Å². The normalized spacial score (nSPS) is 25.2. The van der Waals surface area contributed by atoms with Crippen LogP contribution in [0.25, 0.3) is 0 Å². The van der Waals surface area contributed by atoms with E-state index in [4.69, 9.17) is 37.9 Å². The standard InChI is InChI=1S/C45H48O9/c46-44-42(40(49-28-35-20-10-3-11-21-35)38(52-44)31-47-26-33-16-6-1-7-17-33)54-45-43(51-30-37-24-14-5-15-25-37)41(50-29-36-22-12-4-13-23-36)39(53-45)32-48-27-34-18-8-2-9-19-34/h1-25,38-46H,26-32H2/t38-,39-,40-,41-,42+,43+,44+,45-/m1/s1. The average Bonchev–Trinajstić information content (AvgIpc) is 3.71. The van der Waals surface area contributed by atoms with E-state index in [1.807, 2.05) is 152 Å². The number of hydrogen-bond donors (Lipinski definition) is 1. The maximum Gasteiger partial charge on any atom is 0.187 e. The van der Waals surface area contributed by atoms with Crippen LogP contribution in [0.4, 0.5) is 0 Å². The molecule has 8 atom stereocenters. The summed E-state index contributed by atoms with van der Waals surface area (Å²) in [4.78, 5) is 0. The number of rotatable bonds is 19. The Morgan fingerprint density at radius 2 is 0.722 bits per heavy atom. The molecule has 2 aliphatic rings. The van der Waals surface area contributed by atoms with Gasteiger partial charge in [-0.3, -0.25) is 0 Å². The first-order valence-corrected chi connectivity index (χ1v) is 18.5. The fraction of sp³-hybridized carbons (Fsp3) is 0.333. The van der Waals surface area contributed by atoms with Crippen LogP contribution >= 0.6 is 0 Å². The Morgan fingerprint density at radius 3 is 1.13 bits per heavy atom. The molecule has 2 saturated heterocycles. The van der Waals surface area contributed by atoms with Gasteiger partial charge in [0.2, 0.25) is 0 Å². The van der Waals surface area contributed by atoms with E-state index in [9.17, 15) is 5.11 Å². The lowest BCUT2D eigenvalue weighted by atomic mass is 10.1. The van der Waals surface area contributed by atoms with Gasteiger partial charge in [-0.15, -0.1) is 0 Å². The molecular weight excluding hydrogens is 684 g/mol. The van der Waals surface area contributed by atoms with E-state index >= 15 is 0 Å². The molecule has 7 rings (SSSR count). The van der Waals surface area contributed by atoms with Gasteiger partial charge in [0.15, 0.2) is 12.6 Å². The summed E-state index contributed by atoms with van der Waals surface area (Å²) in [6, 6.07) is 49.7. The fourth-order valence-corrected chi connectivity index (χ4v) is 6.69. The summed E-state index contributed by atoms with van der Waals surface area (Å²) >= 11 is 0. The van der Waals surface area contributed by atoms with Crippen molar-refractivity contribution in [3.63, 3.8) is 0 Å². The molecular formula is C45H48O9. The number of hydrogen-bond acceptors (Lipinski definition) is 9. The lowest BCUT2D eigenvalue weighted by Crippen LogP contribution is -2.45. The number of benzene rings is 5. The SMILES string of the molecule is O[C@H]1O[C@H](COCc2ccccc2)[C@@H](OCc2ccccc2)[C@@H]1O[C@H]1O[C@H](COCc2ccccc2)[C@@H](OCc2ccccc2)[C@@H]1OCc1ccccc1. The molecule has 282 valence electrons. The molecule has 2 aliphatic heterocycles. The van der Waals surface area contributed by atoms with Gasteiger partial charge in [0, 0.05) is 0 Å². The molecule has 0 bridgehead atoms. The average molecular weight is 733 g/mol. The fourth-order valence-electron chi connectivity index (χ4n) is 6.69. The molecule has 2 heterocycles. The highest BCUT2D eigenvalue weighted by atomic mass is 16.8. The van der Waals surface area contributed by atoms with Crippen LogP contribution in [0.1, 0.15) is 27.8 Å². The molecule has 5 aromatic rings. The zero-order chi connectivity index (χ0) is 36.8. The van der Waals surface area contributed by atoms with Gasteiger partial charge in [0.1, 0.15) is 36.6 Å². The summed E-state index contributed by atoms with van der Waals surface area (Å²) in [5.74, 6) is 0. The first-order valence-electron chi connectivity index (χ1n) is 18.5. The van der Waals surface area contributed by atoms with E-state index in [2.05, 4.69) is 0 Å². The third-order valence-electron chi connectivity index (χ3n) is 9.49. The van der Waals surface area contributed by atoms with Crippen molar-refractivity contribution in [3.8, 4) is 0 Å². The van der Waals surface area contributed by atoms with E-state index in [0.717, 1.165) is 27.8 Å². The summed E-state index contributed by atoms with van der Waals surface area (Å²) in [5, 5.41) is 11.4. The van der Waals surface area contributed by atoms with Crippen molar-refractivity contribution in [1.29, 1.82) is 0 Å². The predicted octanol–water partition coefficient (Wildman–Crippen LogP) is 7.00. The molecule has 0 spiro atoms. The monoisotopic (exact) mass is 732 g/mol. The van der Waals surface area contributed by atoms with Gasteiger partial charge in [0.05, 0.1) is 46.2 Å². The molecule has 0 saturated carbocycles. The van der Waals surface area contributed by atoms with E-state index in [1.165, 1.54) is 0 Å². The molecule has 9 heteroatoms. The highest BCUT2D eigenvalue weighted by Gasteiger charge is 2.53. The zero-order valence-electron chi connectivity index (χ0n) is 30.2. The summed E-state index contributed by atoms with van der Waals surface area (Å²) in [5.41, 5.74) is 5.07. The van der Waals surface area contributed by atoms with Crippen LogP contribution in [0.3, 0.4) is 0 Å². The predicted molar refractivity (Wildman–Crippen MR) is 202 cm³/mol. The van der Waals surface area contributed by atoms with Gasteiger partial charge in [0.25, 0.3) is 0 Å². The Morgan fingerprint density at radius 1 is 0.389 bits per heavy atom. The minimum atomic E-state index is -1.31. The maximum atomic E-state index is 11.4. The van der Waals surface area contributed by atoms with E-state index in [1.54, 1.807) is 0 Å². The Kier molecular flexibility index (Phi) is 14.0. The van der Waals surface area contributed by atoms with Crippen LogP contribution in [0.5, 0.6) is 0 Å². The van der Waals surface area contributed by atoms with Crippen molar-refractivity contribution < 1.29 is 43.0 Å². The molecule has 2 fully saturated rings.